The molecule has 1 aliphatic carbocycles. The Bertz CT molecular complexity index is 1480. The van der Waals surface area contributed by atoms with E-state index in [1.165, 1.54) is 17.5 Å². The molecule has 2 heterocycles. The predicted octanol–water partition coefficient (Wildman–Crippen LogP) is 4.19. The zero-order valence-corrected chi connectivity index (χ0v) is 21.5. The molecule has 1 saturated carbocycles. The molecular weight excluding hydrogens is 472 g/mol. The first-order valence-electron chi connectivity index (χ1n) is 12.6. The van der Waals surface area contributed by atoms with Gasteiger partial charge in [0.25, 0.3) is 5.91 Å². The monoisotopic (exact) mass is 504 g/mol. The fraction of sp³-hybridized carbons (Fsp3) is 0.429. The van der Waals surface area contributed by atoms with Gasteiger partial charge in [0.2, 0.25) is 0 Å². The highest BCUT2D eigenvalue weighted by Gasteiger charge is 2.38. The molecule has 3 aromatic rings. The number of benzene rings is 2. The first kappa shape index (κ1) is 24.5. The highest BCUT2D eigenvalue weighted by molar-refractivity contribution is 7.90. The van der Waals surface area contributed by atoms with Gasteiger partial charge in [0, 0.05) is 30.2 Å². The molecule has 188 valence electrons. The molecule has 1 aliphatic heterocycles. The Labute approximate surface area is 212 Å². The fourth-order valence-corrected chi connectivity index (χ4v) is 7.17. The maximum absolute atomic E-state index is 12.6. The molecule has 0 unspecified atom stereocenters. The van der Waals surface area contributed by atoms with Crippen molar-refractivity contribution in [3.05, 3.63) is 64.2 Å². The lowest BCUT2D eigenvalue weighted by atomic mass is 9.66. The Morgan fingerprint density at radius 3 is 2.64 bits per heavy atom. The van der Waals surface area contributed by atoms with Crippen LogP contribution in [0.25, 0.3) is 10.9 Å². The molecule has 1 fully saturated rings. The summed E-state index contributed by atoms with van der Waals surface area (Å²) in [5.41, 5.74) is 10.6. The van der Waals surface area contributed by atoms with Crippen LogP contribution in [0.5, 0.6) is 0 Å². The SMILES string of the molecule is CS(=O)(=O)c1[nH]c2cccc(C3(CCN4CCc5cc(C#N)ccc5C4)CCCCC3)c2c1C(N)=O. The molecule has 1 aromatic heterocycles. The number of aromatic amines is 1. The molecule has 0 bridgehead atoms. The van der Waals surface area contributed by atoms with Crippen LogP contribution in [0.2, 0.25) is 0 Å². The molecule has 1 amide bonds. The number of carbonyl (C=O) groups is 1. The number of nitrogens with zero attached hydrogens (tertiary/aromatic N) is 2. The Kier molecular flexibility index (Phi) is 6.39. The van der Waals surface area contributed by atoms with Gasteiger partial charge >= 0.3 is 0 Å². The van der Waals surface area contributed by atoms with Crippen molar-refractivity contribution in [1.29, 1.82) is 5.26 Å². The molecule has 5 rings (SSSR count). The third-order valence-electron chi connectivity index (χ3n) is 8.12. The van der Waals surface area contributed by atoms with Gasteiger partial charge in [-0.15, -0.1) is 0 Å². The number of rotatable bonds is 6. The lowest BCUT2D eigenvalue weighted by molar-refractivity contribution is 0.0998. The molecule has 0 atom stereocenters. The van der Waals surface area contributed by atoms with Crippen LogP contribution in [0.1, 0.15) is 71.1 Å². The number of nitrogens with two attached hydrogens (primary N) is 1. The fourth-order valence-electron chi connectivity index (χ4n) is 6.31. The van der Waals surface area contributed by atoms with Crippen LogP contribution in [-0.2, 0) is 28.2 Å². The summed E-state index contributed by atoms with van der Waals surface area (Å²) in [6, 6.07) is 14.0. The number of fused-ring (bicyclic) bond motifs is 2. The van der Waals surface area contributed by atoms with E-state index in [-0.39, 0.29) is 16.0 Å². The van der Waals surface area contributed by atoms with E-state index in [9.17, 15) is 18.5 Å². The number of hydrogen-bond acceptors (Lipinski definition) is 5. The third kappa shape index (κ3) is 4.42. The highest BCUT2D eigenvalue weighted by Crippen LogP contribution is 2.46. The second-order valence-electron chi connectivity index (χ2n) is 10.4. The van der Waals surface area contributed by atoms with Crippen LogP contribution >= 0.6 is 0 Å². The summed E-state index contributed by atoms with van der Waals surface area (Å²) in [6.07, 6.45) is 8.34. The van der Waals surface area contributed by atoms with Crippen molar-refractivity contribution in [2.45, 2.75) is 61.9 Å². The van der Waals surface area contributed by atoms with E-state index in [1.54, 1.807) is 0 Å². The topological polar surface area (TPSA) is 120 Å². The van der Waals surface area contributed by atoms with Crippen molar-refractivity contribution in [3.8, 4) is 6.07 Å². The van der Waals surface area contributed by atoms with Gasteiger partial charge in [0.15, 0.2) is 9.84 Å². The molecule has 7 nitrogen and oxygen atoms in total. The molecule has 36 heavy (non-hydrogen) atoms. The maximum atomic E-state index is 12.6. The number of carbonyl (C=O) groups excluding carboxylic acids is 1. The van der Waals surface area contributed by atoms with Gasteiger partial charge in [-0.2, -0.15) is 5.26 Å². The summed E-state index contributed by atoms with van der Waals surface area (Å²) in [5.74, 6) is -0.718. The lowest BCUT2D eigenvalue weighted by Gasteiger charge is -2.41. The lowest BCUT2D eigenvalue weighted by Crippen LogP contribution is -2.37. The van der Waals surface area contributed by atoms with Crippen LogP contribution in [0.3, 0.4) is 0 Å². The van der Waals surface area contributed by atoms with Crippen LogP contribution in [-0.4, -0.2) is 43.6 Å². The molecule has 8 heteroatoms. The van der Waals surface area contributed by atoms with E-state index < -0.39 is 15.7 Å². The second kappa shape index (κ2) is 9.38. The standard InChI is InChI=1S/C28H32N4O3S/c1-36(34,35)27-25(26(30)33)24-22(6-5-7-23(24)31-27)28(11-3-2-4-12-28)13-15-32-14-10-20-16-19(17-29)8-9-21(20)18-32/h5-9,16,31H,2-4,10-15,18H2,1H3,(H2,30,33). The first-order valence-corrected chi connectivity index (χ1v) is 14.5. The van der Waals surface area contributed by atoms with E-state index in [1.807, 2.05) is 24.3 Å². The van der Waals surface area contributed by atoms with Crippen molar-refractivity contribution < 1.29 is 13.2 Å². The van der Waals surface area contributed by atoms with E-state index in [2.05, 4.69) is 28.1 Å². The number of sulfone groups is 1. The number of H-pyrrole nitrogens is 1. The molecular formula is C28H32N4O3S. The zero-order chi connectivity index (χ0) is 25.5. The first-order chi connectivity index (χ1) is 17.2. The van der Waals surface area contributed by atoms with Crippen LogP contribution in [0.4, 0.5) is 0 Å². The van der Waals surface area contributed by atoms with Crippen LogP contribution in [0.15, 0.2) is 41.4 Å². The molecule has 0 radical (unpaired) electrons. The van der Waals surface area contributed by atoms with Crippen molar-refractivity contribution in [2.75, 3.05) is 19.3 Å². The van der Waals surface area contributed by atoms with Crippen molar-refractivity contribution >= 4 is 26.6 Å². The number of amides is 1. The van der Waals surface area contributed by atoms with E-state index in [4.69, 9.17) is 5.73 Å². The molecule has 0 saturated heterocycles. The summed E-state index contributed by atoms with van der Waals surface area (Å²) in [6.45, 7) is 2.71. The van der Waals surface area contributed by atoms with Gasteiger partial charge in [0.05, 0.1) is 17.2 Å². The summed E-state index contributed by atoms with van der Waals surface area (Å²) in [5, 5.41) is 9.78. The number of nitrogens with one attached hydrogen (secondary N) is 1. The molecule has 0 spiro atoms. The predicted molar refractivity (Wildman–Crippen MR) is 139 cm³/mol. The summed E-state index contributed by atoms with van der Waals surface area (Å²) >= 11 is 0. The second-order valence-corrected chi connectivity index (χ2v) is 12.4. The van der Waals surface area contributed by atoms with Crippen LogP contribution < -0.4 is 5.73 Å². The smallest absolute Gasteiger partial charge is 0.252 e. The summed E-state index contributed by atoms with van der Waals surface area (Å²) < 4.78 is 25.0. The Hall–Kier alpha value is -3.15. The van der Waals surface area contributed by atoms with Gasteiger partial charge in [-0.05, 0) is 72.5 Å². The average Bonchev–Trinajstić information content (AvgIpc) is 3.28. The van der Waals surface area contributed by atoms with E-state index in [0.717, 1.165) is 70.0 Å². The average molecular weight is 505 g/mol. The van der Waals surface area contributed by atoms with E-state index >= 15 is 0 Å². The number of primary amides is 1. The minimum atomic E-state index is -3.66. The van der Waals surface area contributed by atoms with Gasteiger partial charge in [-0.1, -0.05) is 37.5 Å². The van der Waals surface area contributed by atoms with Gasteiger partial charge < -0.3 is 10.7 Å². The third-order valence-corrected chi connectivity index (χ3v) is 9.17. The zero-order valence-electron chi connectivity index (χ0n) is 20.6. The molecule has 2 aromatic carbocycles. The highest BCUT2D eigenvalue weighted by atomic mass is 32.2. The Morgan fingerprint density at radius 2 is 1.94 bits per heavy atom. The summed E-state index contributed by atoms with van der Waals surface area (Å²) in [4.78, 5) is 18.0. The minimum absolute atomic E-state index is 0.0900. The summed E-state index contributed by atoms with van der Waals surface area (Å²) in [7, 11) is -3.66. The number of aromatic nitrogens is 1. The van der Waals surface area contributed by atoms with Crippen LogP contribution in [0, 0.1) is 11.3 Å². The van der Waals surface area contributed by atoms with Gasteiger partial charge in [0.1, 0.15) is 5.03 Å². The van der Waals surface area contributed by atoms with Crippen molar-refractivity contribution in [3.63, 3.8) is 0 Å². The largest absolute Gasteiger partial charge is 0.365 e. The Balaban J connectivity index is 1.51. The van der Waals surface area contributed by atoms with E-state index in [0.29, 0.717) is 16.5 Å². The van der Waals surface area contributed by atoms with Crippen molar-refractivity contribution in [1.82, 2.24) is 9.88 Å². The maximum Gasteiger partial charge on any atom is 0.252 e. The number of nitriles is 1. The normalized spacial score (nSPS) is 18.0. The Morgan fingerprint density at radius 1 is 1.17 bits per heavy atom. The van der Waals surface area contributed by atoms with Gasteiger partial charge in [-0.3, -0.25) is 9.69 Å². The molecule has 3 N–H and O–H groups in total. The number of hydrogen-bond donors (Lipinski definition) is 2. The molecule has 2 aliphatic rings. The minimum Gasteiger partial charge on any atom is -0.365 e. The van der Waals surface area contributed by atoms with Crippen molar-refractivity contribution in [2.24, 2.45) is 5.73 Å². The quantitative estimate of drug-likeness (QED) is 0.521. The van der Waals surface area contributed by atoms with Gasteiger partial charge in [-0.25, -0.2) is 8.42 Å².